The van der Waals surface area contributed by atoms with Crippen molar-refractivity contribution in [2.45, 2.75) is 0 Å². The SMILES string of the molecule is C#CCO/C(=C/C(=O)c1ccccc1)c1ccccc1. The topological polar surface area (TPSA) is 26.3 Å². The summed E-state index contributed by atoms with van der Waals surface area (Å²) in [6, 6.07) is 18.5. The monoisotopic (exact) mass is 262 g/mol. The first-order valence-electron chi connectivity index (χ1n) is 6.24. The predicted molar refractivity (Wildman–Crippen MR) is 80.0 cm³/mol. The predicted octanol–water partition coefficient (Wildman–Crippen LogP) is 3.56. The lowest BCUT2D eigenvalue weighted by Crippen LogP contribution is -1.99. The lowest BCUT2D eigenvalue weighted by Gasteiger charge is -2.08. The lowest BCUT2D eigenvalue weighted by atomic mass is 10.1. The van der Waals surface area contributed by atoms with E-state index in [0.717, 1.165) is 5.56 Å². The van der Waals surface area contributed by atoms with Crippen molar-refractivity contribution in [2.75, 3.05) is 6.61 Å². The van der Waals surface area contributed by atoms with Crippen LogP contribution in [-0.2, 0) is 4.74 Å². The Labute approximate surface area is 118 Å². The summed E-state index contributed by atoms with van der Waals surface area (Å²) in [6.07, 6.45) is 6.68. The molecule has 0 saturated carbocycles. The number of hydrogen-bond acceptors (Lipinski definition) is 2. The number of carbonyl (C=O) groups excluding carboxylic acids is 1. The molecule has 0 aromatic heterocycles. The Kier molecular flexibility index (Phi) is 4.75. The number of ether oxygens (including phenoxy) is 1. The van der Waals surface area contributed by atoms with Crippen molar-refractivity contribution in [1.82, 2.24) is 0 Å². The molecule has 0 spiro atoms. The normalized spacial score (nSPS) is 10.7. The van der Waals surface area contributed by atoms with E-state index >= 15 is 0 Å². The summed E-state index contributed by atoms with van der Waals surface area (Å²) in [7, 11) is 0. The summed E-state index contributed by atoms with van der Waals surface area (Å²) in [6.45, 7) is 0.128. The number of allylic oxidation sites excluding steroid dienone is 1. The largest absolute Gasteiger partial charge is 0.480 e. The lowest BCUT2D eigenvalue weighted by molar-refractivity contribution is 0.104. The second-order valence-corrected chi connectivity index (χ2v) is 4.10. The van der Waals surface area contributed by atoms with Gasteiger partial charge < -0.3 is 4.74 Å². The van der Waals surface area contributed by atoms with E-state index in [4.69, 9.17) is 11.2 Å². The van der Waals surface area contributed by atoms with Gasteiger partial charge in [0.05, 0.1) is 0 Å². The molecule has 0 unspecified atom stereocenters. The van der Waals surface area contributed by atoms with Gasteiger partial charge in [0.25, 0.3) is 0 Å². The Hall–Kier alpha value is -2.79. The Morgan fingerprint density at radius 3 is 2.10 bits per heavy atom. The van der Waals surface area contributed by atoms with Crippen LogP contribution in [0.4, 0.5) is 0 Å². The van der Waals surface area contributed by atoms with Crippen LogP contribution in [0.1, 0.15) is 15.9 Å². The molecule has 98 valence electrons. The minimum absolute atomic E-state index is 0.110. The summed E-state index contributed by atoms with van der Waals surface area (Å²) >= 11 is 0. The highest BCUT2D eigenvalue weighted by molar-refractivity contribution is 6.07. The highest BCUT2D eigenvalue weighted by Gasteiger charge is 2.07. The molecule has 0 saturated heterocycles. The molecule has 0 bridgehead atoms. The quantitative estimate of drug-likeness (QED) is 0.356. The molecule has 0 aliphatic heterocycles. The van der Waals surface area contributed by atoms with E-state index in [1.165, 1.54) is 6.08 Å². The van der Waals surface area contributed by atoms with Crippen LogP contribution < -0.4 is 0 Å². The van der Waals surface area contributed by atoms with Gasteiger partial charge in [0.2, 0.25) is 0 Å². The minimum Gasteiger partial charge on any atom is -0.480 e. The average Bonchev–Trinajstić information content (AvgIpc) is 2.53. The van der Waals surface area contributed by atoms with E-state index in [1.54, 1.807) is 12.1 Å². The zero-order valence-electron chi connectivity index (χ0n) is 11.0. The summed E-state index contributed by atoms with van der Waals surface area (Å²) in [5, 5.41) is 0. The molecule has 0 atom stereocenters. The van der Waals surface area contributed by atoms with Crippen LogP contribution in [0.15, 0.2) is 66.7 Å². The number of terminal acetylenes is 1. The molecular formula is C18H14O2. The van der Waals surface area contributed by atoms with Crippen molar-refractivity contribution < 1.29 is 9.53 Å². The maximum absolute atomic E-state index is 12.2. The highest BCUT2D eigenvalue weighted by atomic mass is 16.5. The van der Waals surface area contributed by atoms with E-state index in [-0.39, 0.29) is 12.4 Å². The average molecular weight is 262 g/mol. The Morgan fingerprint density at radius 2 is 1.55 bits per heavy atom. The van der Waals surface area contributed by atoms with Gasteiger partial charge in [-0.05, 0) is 0 Å². The molecule has 2 rings (SSSR count). The van der Waals surface area contributed by atoms with Crippen molar-refractivity contribution in [1.29, 1.82) is 0 Å². The molecule has 0 N–H and O–H groups in total. The van der Waals surface area contributed by atoms with Gasteiger partial charge in [-0.3, -0.25) is 4.79 Å². The summed E-state index contributed by atoms with van der Waals surface area (Å²) in [5.74, 6) is 2.78. The smallest absolute Gasteiger partial charge is 0.189 e. The number of hydrogen-bond donors (Lipinski definition) is 0. The first-order valence-corrected chi connectivity index (χ1v) is 6.24. The zero-order valence-corrected chi connectivity index (χ0v) is 11.0. The van der Waals surface area contributed by atoms with Crippen LogP contribution in [0.2, 0.25) is 0 Å². The maximum atomic E-state index is 12.2. The van der Waals surface area contributed by atoms with Crippen LogP contribution in [0, 0.1) is 12.3 Å². The van der Waals surface area contributed by atoms with Crippen LogP contribution in [0.25, 0.3) is 5.76 Å². The molecule has 2 heteroatoms. The molecular weight excluding hydrogens is 248 g/mol. The summed E-state index contributed by atoms with van der Waals surface area (Å²) < 4.78 is 5.47. The van der Waals surface area contributed by atoms with Gasteiger partial charge in [-0.2, -0.15) is 0 Å². The summed E-state index contributed by atoms with van der Waals surface area (Å²) in [4.78, 5) is 12.2. The van der Waals surface area contributed by atoms with E-state index in [0.29, 0.717) is 11.3 Å². The van der Waals surface area contributed by atoms with Crippen molar-refractivity contribution >= 4 is 11.5 Å². The third-order valence-corrected chi connectivity index (χ3v) is 2.69. The van der Waals surface area contributed by atoms with E-state index < -0.39 is 0 Å². The van der Waals surface area contributed by atoms with Gasteiger partial charge in [-0.15, -0.1) is 6.42 Å². The molecule has 2 aromatic rings. The Bertz CT molecular complexity index is 634. The van der Waals surface area contributed by atoms with Crippen LogP contribution >= 0.6 is 0 Å². The van der Waals surface area contributed by atoms with Gasteiger partial charge in [0.15, 0.2) is 5.78 Å². The molecule has 0 heterocycles. The van der Waals surface area contributed by atoms with Crippen LogP contribution in [0.3, 0.4) is 0 Å². The molecule has 2 nitrogen and oxygen atoms in total. The fourth-order valence-electron chi connectivity index (χ4n) is 1.73. The highest BCUT2D eigenvalue weighted by Crippen LogP contribution is 2.16. The van der Waals surface area contributed by atoms with Gasteiger partial charge in [0, 0.05) is 17.2 Å². The zero-order chi connectivity index (χ0) is 14.2. The van der Waals surface area contributed by atoms with Crippen molar-refractivity contribution in [2.24, 2.45) is 0 Å². The van der Waals surface area contributed by atoms with Gasteiger partial charge in [-0.1, -0.05) is 66.6 Å². The minimum atomic E-state index is -0.110. The molecule has 0 amide bonds. The third kappa shape index (κ3) is 3.60. The second-order valence-electron chi connectivity index (χ2n) is 4.10. The molecule has 20 heavy (non-hydrogen) atoms. The molecule has 0 radical (unpaired) electrons. The summed E-state index contributed by atoms with van der Waals surface area (Å²) in [5.41, 5.74) is 1.44. The van der Waals surface area contributed by atoms with Gasteiger partial charge in [-0.25, -0.2) is 0 Å². The van der Waals surface area contributed by atoms with E-state index in [2.05, 4.69) is 5.92 Å². The molecule has 2 aromatic carbocycles. The van der Waals surface area contributed by atoms with E-state index in [9.17, 15) is 4.79 Å². The van der Waals surface area contributed by atoms with Crippen molar-refractivity contribution in [3.05, 3.63) is 77.9 Å². The number of benzene rings is 2. The molecule has 0 aliphatic rings. The Morgan fingerprint density at radius 1 is 1.00 bits per heavy atom. The first kappa shape index (κ1) is 13.6. The van der Waals surface area contributed by atoms with Crippen LogP contribution in [0.5, 0.6) is 0 Å². The van der Waals surface area contributed by atoms with E-state index in [1.807, 2.05) is 48.5 Å². The number of rotatable bonds is 5. The molecule has 0 fully saturated rings. The van der Waals surface area contributed by atoms with Gasteiger partial charge in [0.1, 0.15) is 12.4 Å². The molecule has 0 aliphatic carbocycles. The first-order chi connectivity index (χ1) is 9.81. The van der Waals surface area contributed by atoms with Crippen LogP contribution in [-0.4, -0.2) is 12.4 Å². The fourth-order valence-corrected chi connectivity index (χ4v) is 1.73. The van der Waals surface area contributed by atoms with Crippen molar-refractivity contribution in [3.8, 4) is 12.3 Å². The third-order valence-electron chi connectivity index (χ3n) is 2.69. The van der Waals surface area contributed by atoms with Crippen molar-refractivity contribution in [3.63, 3.8) is 0 Å². The van der Waals surface area contributed by atoms with Gasteiger partial charge >= 0.3 is 0 Å². The maximum Gasteiger partial charge on any atom is 0.189 e. The second kappa shape index (κ2) is 6.96. The Balaban J connectivity index is 2.29. The number of ketones is 1. The fraction of sp³-hybridized carbons (Fsp3) is 0.0556. The standard InChI is InChI=1S/C18H14O2/c1-2-13-20-18(16-11-7-4-8-12-16)14-17(19)15-9-5-3-6-10-15/h1,3-12,14H,13H2/b18-14+. The number of carbonyl (C=O) groups is 1.